The van der Waals surface area contributed by atoms with E-state index >= 15 is 0 Å². The van der Waals surface area contributed by atoms with Crippen molar-refractivity contribution >= 4 is 27.3 Å². The second-order valence-corrected chi connectivity index (χ2v) is 10.0. The fourth-order valence-corrected chi connectivity index (χ4v) is 6.23. The van der Waals surface area contributed by atoms with Gasteiger partial charge in [-0.05, 0) is 30.4 Å². The third kappa shape index (κ3) is 3.57. The van der Waals surface area contributed by atoms with Gasteiger partial charge in [0, 0.05) is 43.2 Å². The lowest BCUT2D eigenvalue weighted by molar-refractivity contribution is -0.134. The van der Waals surface area contributed by atoms with Crippen LogP contribution in [0.4, 0.5) is 0 Å². The molecule has 0 radical (unpaired) electrons. The minimum Gasteiger partial charge on any atom is -0.340 e. The summed E-state index contributed by atoms with van der Waals surface area (Å²) in [6, 6.07) is 7.91. The van der Waals surface area contributed by atoms with Crippen LogP contribution in [0.1, 0.15) is 24.3 Å². The topological polar surface area (TPSA) is 57.7 Å². The number of carbonyl (C=O) groups is 1. The molecule has 3 fully saturated rings. The summed E-state index contributed by atoms with van der Waals surface area (Å²) < 4.78 is 23.3. The molecule has 0 bridgehead atoms. The molecule has 3 aliphatic rings. The van der Waals surface area contributed by atoms with Crippen molar-refractivity contribution in [1.29, 1.82) is 0 Å². The van der Waals surface area contributed by atoms with Crippen molar-refractivity contribution in [3.05, 3.63) is 34.9 Å². The number of benzene rings is 1. The second kappa shape index (κ2) is 6.56. The minimum atomic E-state index is -2.85. The van der Waals surface area contributed by atoms with E-state index in [-0.39, 0.29) is 29.5 Å². The smallest absolute Gasteiger partial charge is 0.226 e. The van der Waals surface area contributed by atoms with Crippen molar-refractivity contribution in [3.63, 3.8) is 0 Å². The normalized spacial score (nSPS) is 31.9. The largest absolute Gasteiger partial charge is 0.340 e. The fraction of sp³-hybridized carbons (Fsp3) is 0.611. The highest BCUT2D eigenvalue weighted by Crippen LogP contribution is 2.50. The van der Waals surface area contributed by atoms with Crippen LogP contribution < -0.4 is 0 Å². The van der Waals surface area contributed by atoms with Gasteiger partial charge in [0.05, 0.1) is 11.5 Å². The first kappa shape index (κ1) is 17.3. The first-order valence-corrected chi connectivity index (χ1v) is 11.1. The lowest BCUT2D eigenvalue weighted by Crippen LogP contribution is -2.52. The van der Waals surface area contributed by atoms with Gasteiger partial charge in [-0.3, -0.25) is 9.69 Å². The molecule has 25 heavy (non-hydrogen) atoms. The van der Waals surface area contributed by atoms with Gasteiger partial charge in [-0.15, -0.1) is 0 Å². The van der Waals surface area contributed by atoms with Crippen molar-refractivity contribution in [2.24, 2.45) is 5.92 Å². The van der Waals surface area contributed by atoms with Gasteiger partial charge in [-0.2, -0.15) is 0 Å². The Balaban J connectivity index is 1.32. The first-order chi connectivity index (χ1) is 11.9. The average molecular weight is 383 g/mol. The summed E-state index contributed by atoms with van der Waals surface area (Å²) in [4.78, 5) is 16.9. The maximum atomic E-state index is 12.8. The Labute approximate surface area is 153 Å². The number of halogens is 1. The molecular weight excluding hydrogens is 360 g/mol. The number of hydrogen-bond donors (Lipinski definition) is 0. The molecule has 1 saturated carbocycles. The van der Waals surface area contributed by atoms with Gasteiger partial charge < -0.3 is 4.90 Å². The van der Waals surface area contributed by atoms with E-state index in [4.69, 9.17) is 11.6 Å². The van der Waals surface area contributed by atoms with E-state index in [1.165, 1.54) is 0 Å². The molecule has 2 heterocycles. The van der Waals surface area contributed by atoms with Gasteiger partial charge in [-0.1, -0.05) is 29.8 Å². The number of carbonyl (C=O) groups excluding carboxylic acids is 1. The summed E-state index contributed by atoms with van der Waals surface area (Å²) in [7, 11) is -2.85. The van der Waals surface area contributed by atoms with Crippen LogP contribution in [0.5, 0.6) is 0 Å². The molecule has 136 valence electrons. The van der Waals surface area contributed by atoms with Gasteiger partial charge in [0.1, 0.15) is 0 Å². The highest BCUT2D eigenvalue weighted by molar-refractivity contribution is 7.91. The van der Waals surface area contributed by atoms with Crippen LogP contribution in [0, 0.1) is 5.92 Å². The predicted octanol–water partition coefficient (Wildman–Crippen LogP) is 1.77. The van der Waals surface area contributed by atoms with E-state index in [2.05, 4.69) is 4.90 Å². The summed E-state index contributed by atoms with van der Waals surface area (Å²) in [5.74, 6) is 1.11. The molecule has 5 nitrogen and oxygen atoms in total. The highest BCUT2D eigenvalue weighted by atomic mass is 35.5. The summed E-state index contributed by atoms with van der Waals surface area (Å²) in [5.41, 5.74) is 1.08. The molecule has 4 rings (SSSR count). The van der Waals surface area contributed by atoms with E-state index in [0.717, 1.165) is 36.5 Å². The maximum Gasteiger partial charge on any atom is 0.226 e. The summed E-state index contributed by atoms with van der Waals surface area (Å²) in [6.07, 6.45) is 1.61. The number of amides is 1. The van der Waals surface area contributed by atoms with Crippen LogP contribution in [-0.2, 0) is 14.6 Å². The first-order valence-electron chi connectivity index (χ1n) is 8.92. The zero-order valence-corrected chi connectivity index (χ0v) is 15.7. The van der Waals surface area contributed by atoms with Crippen LogP contribution in [0.2, 0.25) is 5.02 Å². The predicted molar refractivity (Wildman–Crippen MR) is 97.5 cm³/mol. The highest BCUT2D eigenvalue weighted by Gasteiger charge is 2.47. The molecule has 1 amide bonds. The Kier molecular flexibility index (Phi) is 4.54. The van der Waals surface area contributed by atoms with Crippen molar-refractivity contribution in [2.45, 2.75) is 24.8 Å². The van der Waals surface area contributed by atoms with Crippen LogP contribution >= 0.6 is 11.6 Å². The summed E-state index contributed by atoms with van der Waals surface area (Å²) >= 11 is 6.25. The van der Waals surface area contributed by atoms with Crippen LogP contribution in [-0.4, -0.2) is 67.9 Å². The molecule has 2 aliphatic heterocycles. The molecule has 3 unspecified atom stereocenters. The Bertz CT molecular complexity index is 774. The van der Waals surface area contributed by atoms with Crippen molar-refractivity contribution in [1.82, 2.24) is 9.80 Å². The number of piperazine rings is 1. The SMILES string of the molecule is O=C(C1CC1c1ccccc1Cl)N1CCN(C2CCS(=O)(=O)C2)CC1. The molecule has 2 saturated heterocycles. The molecule has 1 aromatic carbocycles. The zero-order chi connectivity index (χ0) is 17.6. The van der Waals surface area contributed by atoms with E-state index in [1.54, 1.807) is 0 Å². The van der Waals surface area contributed by atoms with Gasteiger partial charge >= 0.3 is 0 Å². The third-order valence-corrected chi connectivity index (χ3v) is 7.86. The molecular formula is C18H23ClN2O3S. The third-order valence-electron chi connectivity index (χ3n) is 5.76. The Morgan fingerprint density at radius 2 is 1.84 bits per heavy atom. The molecule has 0 spiro atoms. The Morgan fingerprint density at radius 3 is 2.48 bits per heavy atom. The number of hydrogen-bond acceptors (Lipinski definition) is 4. The quantitative estimate of drug-likeness (QED) is 0.799. The second-order valence-electron chi connectivity index (χ2n) is 7.39. The minimum absolute atomic E-state index is 0.0540. The molecule has 1 aliphatic carbocycles. The lowest BCUT2D eigenvalue weighted by atomic mass is 10.1. The van der Waals surface area contributed by atoms with E-state index in [9.17, 15) is 13.2 Å². The Morgan fingerprint density at radius 1 is 1.12 bits per heavy atom. The monoisotopic (exact) mass is 382 g/mol. The number of sulfone groups is 1. The summed E-state index contributed by atoms with van der Waals surface area (Å²) in [6.45, 7) is 2.94. The van der Waals surface area contributed by atoms with E-state index < -0.39 is 9.84 Å². The molecule has 3 atom stereocenters. The zero-order valence-electron chi connectivity index (χ0n) is 14.1. The molecule has 1 aromatic rings. The maximum absolute atomic E-state index is 12.8. The molecule has 0 aromatic heterocycles. The summed E-state index contributed by atoms with van der Waals surface area (Å²) in [5, 5.41) is 0.745. The van der Waals surface area contributed by atoms with E-state index in [1.807, 2.05) is 29.2 Å². The number of nitrogens with zero attached hydrogens (tertiary/aromatic N) is 2. The van der Waals surface area contributed by atoms with Gasteiger partial charge in [0.15, 0.2) is 9.84 Å². The van der Waals surface area contributed by atoms with Crippen LogP contribution in [0.25, 0.3) is 0 Å². The van der Waals surface area contributed by atoms with Crippen molar-refractivity contribution in [3.8, 4) is 0 Å². The van der Waals surface area contributed by atoms with Crippen LogP contribution in [0.15, 0.2) is 24.3 Å². The average Bonchev–Trinajstić information content (AvgIpc) is 3.31. The van der Waals surface area contributed by atoms with Crippen LogP contribution in [0.3, 0.4) is 0 Å². The van der Waals surface area contributed by atoms with Gasteiger partial charge in [-0.25, -0.2) is 8.42 Å². The molecule has 0 N–H and O–H groups in total. The van der Waals surface area contributed by atoms with Crippen molar-refractivity contribution < 1.29 is 13.2 Å². The fourth-order valence-electron chi connectivity index (χ4n) is 4.19. The number of rotatable bonds is 3. The standard InChI is InChI=1S/C18H23ClN2O3S/c19-17-4-2-1-3-14(17)15-11-16(15)18(22)21-8-6-20(7-9-21)13-5-10-25(23,24)12-13/h1-4,13,15-16H,5-12H2. The molecule has 7 heteroatoms. The van der Waals surface area contributed by atoms with Crippen molar-refractivity contribution in [2.75, 3.05) is 37.7 Å². The van der Waals surface area contributed by atoms with Gasteiger partial charge in [0.25, 0.3) is 0 Å². The van der Waals surface area contributed by atoms with Gasteiger partial charge in [0.2, 0.25) is 5.91 Å². The Hall–Kier alpha value is -1.11. The lowest BCUT2D eigenvalue weighted by Gasteiger charge is -2.37. The van der Waals surface area contributed by atoms with E-state index in [0.29, 0.717) is 18.8 Å².